The molecule has 0 fully saturated rings. The van der Waals surface area contributed by atoms with Crippen LogP contribution in [0.3, 0.4) is 0 Å². The van der Waals surface area contributed by atoms with Crippen LogP contribution in [0.5, 0.6) is 0 Å². The average molecular weight is 325 g/mol. The van der Waals surface area contributed by atoms with Gasteiger partial charge in [0.2, 0.25) is 0 Å². The molecule has 18 heavy (non-hydrogen) atoms. The van der Waals surface area contributed by atoms with Crippen LogP contribution < -0.4 is 5.32 Å². The minimum Gasteiger partial charge on any atom is -0.304 e. The van der Waals surface area contributed by atoms with E-state index in [1.807, 2.05) is 12.3 Å². The minimum atomic E-state index is 0.207. The highest BCUT2D eigenvalue weighted by Crippen LogP contribution is 2.28. The molecule has 0 aliphatic carbocycles. The summed E-state index contributed by atoms with van der Waals surface area (Å²) in [4.78, 5) is 5.89. The van der Waals surface area contributed by atoms with E-state index in [1.165, 1.54) is 10.4 Å². The van der Waals surface area contributed by atoms with E-state index in [-0.39, 0.29) is 6.04 Å². The maximum absolute atomic E-state index is 4.53. The van der Waals surface area contributed by atoms with Gasteiger partial charge >= 0.3 is 0 Å². The molecule has 0 spiro atoms. The van der Waals surface area contributed by atoms with E-state index in [4.69, 9.17) is 0 Å². The Morgan fingerprint density at radius 3 is 2.78 bits per heavy atom. The van der Waals surface area contributed by atoms with E-state index < -0.39 is 0 Å². The molecule has 0 aliphatic heterocycles. The van der Waals surface area contributed by atoms with Gasteiger partial charge in [0, 0.05) is 15.5 Å². The number of hydrogen-bond acceptors (Lipinski definition) is 3. The van der Waals surface area contributed by atoms with Gasteiger partial charge in [0.25, 0.3) is 0 Å². The second-order valence-corrected chi connectivity index (χ2v) is 6.12. The largest absolute Gasteiger partial charge is 0.304 e. The summed E-state index contributed by atoms with van der Waals surface area (Å²) in [5.41, 5.74) is 2.41. The number of aryl methyl sites for hydroxylation is 1. The molecule has 2 nitrogen and oxygen atoms in total. The third-order valence-electron chi connectivity index (χ3n) is 2.81. The van der Waals surface area contributed by atoms with Crippen molar-refractivity contribution < 1.29 is 0 Å². The molecule has 2 aromatic heterocycles. The second-order valence-electron chi connectivity index (χ2n) is 4.26. The summed E-state index contributed by atoms with van der Waals surface area (Å²) in [6, 6.07) is 6.50. The van der Waals surface area contributed by atoms with E-state index in [0.717, 1.165) is 23.1 Å². The van der Waals surface area contributed by atoms with Gasteiger partial charge < -0.3 is 5.32 Å². The minimum absolute atomic E-state index is 0.207. The van der Waals surface area contributed by atoms with Gasteiger partial charge in [-0.3, -0.25) is 4.98 Å². The number of aromatic nitrogens is 1. The van der Waals surface area contributed by atoms with Gasteiger partial charge in [-0.2, -0.15) is 0 Å². The Hall–Kier alpha value is -0.710. The van der Waals surface area contributed by atoms with Crippen LogP contribution in [0.25, 0.3) is 0 Å². The molecule has 0 aliphatic rings. The van der Waals surface area contributed by atoms with Crippen molar-refractivity contribution in [3.05, 3.63) is 50.4 Å². The fourth-order valence-electron chi connectivity index (χ4n) is 1.86. The Morgan fingerprint density at radius 1 is 1.39 bits per heavy atom. The number of halogens is 1. The highest BCUT2D eigenvalue weighted by Gasteiger charge is 2.17. The molecule has 0 saturated carbocycles. The van der Waals surface area contributed by atoms with Crippen molar-refractivity contribution in [1.82, 2.24) is 10.3 Å². The first-order valence-corrected chi connectivity index (χ1v) is 7.78. The first kappa shape index (κ1) is 13.7. The fourth-order valence-corrected chi connectivity index (χ4v) is 3.11. The molecule has 4 heteroatoms. The Bertz CT molecular complexity index is 493. The molecule has 1 N–H and O–H groups in total. The summed E-state index contributed by atoms with van der Waals surface area (Å²) in [5.74, 6) is 0. The lowest BCUT2D eigenvalue weighted by Gasteiger charge is -2.18. The van der Waals surface area contributed by atoms with Crippen molar-refractivity contribution in [2.24, 2.45) is 0 Å². The average Bonchev–Trinajstić information content (AvgIpc) is 2.78. The van der Waals surface area contributed by atoms with Gasteiger partial charge in [-0.05, 0) is 65.0 Å². The van der Waals surface area contributed by atoms with Crippen LogP contribution in [-0.2, 0) is 0 Å². The molecule has 0 aromatic carbocycles. The normalized spacial score (nSPS) is 12.6. The number of rotatable bonds is 5. The van der Waals surface area contributed by atoms with E-state index in [0.29, 0.717) is 0 Å². The predicted molar refractivity (Wildman–Crippen MR) is 81.1 cm³/mol. The van der Waals surface area contributed by atoms with Gasteiger partial charge in [0.1, 0.15) is 0 Å². The molecule has 2 aromatic rings. The molecule has 0 amide bonds. The van der Waals surface area contributed by atoms with Crippen LogP contribution in [0.1, 0.15) is 35.5 Å². The summed E-state index contributed by atoms with van der Waals surface area (Å²) in [6.45, 7) is 5.34. The van der Waals surface area contributed by atoms with E-state index >= 15 is 0 Å². The maximum atomic E-state index is 4.53. The first-order chi connectivity index (χ1) is 8.72. The lowest BCUT2D eigenvalue weighted by molar-refractivity contribution is 0.591. The fraction of sp³-hybridized carbons (Fsp3) is 0.357. The Balaban J connectivity index is 2.30. The molecular formula is C14H17BrN2S. The van der Waals surface area contributed by atoms with E-state index in [2.05, 4.69) is 57.6 Å². The molecule has 96 valence electrons. The molecule has 0 saturated heterocycles. The smallest absolute Gasteiger partial charge is 0.0847 e. The van der Waals surface area contributed by atoms with Crippen LogP contribution in [-0.4, -0.2) is 11.5 Å². The Kier molecular flexibility index (Phi) is 4.92. The van der Waals surface area contributed by atoms with Gasteiger partial charge in [-0.15, -0.1) is 11.3 Å². The molecule has 2 rings (SSSR count). The van der Waals surface area contributed by atoms with Gasteiger partial charge in [0.05, 0.1) is 11.7 Å². The Labute approximate surface area is 121 Å². The topological polar surface area (TPSA) is 24.9 Å². The van der Waals surface area contributed by atoms with Crippen molar-refractivity contribution in [2.75, 3.05) is 6.54 Å². The van der Waals surface area contributed by atoms with E-state index in [9.17, 15) is 0 Å². The maximum Gasteiger partial charge on any atom is 0.0847 e. The second kappa shape index (κ2) is 6.45. The van der Waals surface area contributed by atoms with Gasteiger partial charge in [-0.1, -0.05) is 6.92 Å². The predicted octanol–water partition coefficient (Wildman–Crippen LogP) is 4.30. The summed E-state index contributed by atoms with van der Waals surface area (Å²) in [7, 11) is 0. The number of hydrogen-bond donors (Lipinski definition) is 1. The number of pyridine rings is 1. The van der Waals surface area contributed by atoms with Crippen molar-refractivity contribution in [3.8, 4) is 0 Å². The van der Waals surface area contributed by atoms with Crippen molar-refractivity contribution in [2.45, 2.75) is 26.3 Å². The third-order valence-corrected chi connectivity index (χ3v) is 4.36. The Morgan fingerprint density at radius 2 is 2.22 bits per heavy atom. The highest BCUT2D eigenvalue weighted by molar-refractivity contribution is 9.10. The van der Waals surface area contributed by atoms with Crippen LogP contribution in [0.2, 0.25) is 0 Å². The quantitative estimate of drug-likeness (QED) is 0.886. The molecule has 1 atom stereocenters. The molecule has 1 unspecified atom stereocenters. The first-order valence-electron chi connectivity index (χ1n) is 6.11. The van der Waals surface area contributed by atoms with Gasteiger partial charge in [-0.25, -0.2) is 0 Å². The van der Waals surface area contributed by atoms with Crippen LogP contribution in [0, 0.1) is 6.92 Å². The SMILES string of the molecule is CCCNC(c1ccc(Br)cn1)c1sccc1C. The molecular weight excluding hydrogens is 308 g/mol. The summed E-state index contributed by atoms with van der Waals surface area (Å²) >= 11 is 5.22. The zero-order chi connectivity index (χ0) is 13.0. The van der Waals surface area contributed by atoms with Gasteiger partial charge in [0.15, 0.2) is 0 Å². The number of nitrogens with zero attached hydrogens (tertiary/aromatic N) is 1. The molecule has 0 radical (unpaired) electrons. The van der Waals surface area contributed by atoms with Crippen molar-refractivity contribution >= 4 is 27.3 Å². The standard InChI is InChI=1S/C14H17BrN2S/c1-3-7-16-13(14-10(2)6-8-18-14)12-5-4-11(15)9-17-12/h4-6,8-9,13,16H,3,7H2,1-2H3. The molecule has 0 bridgehead atoms. The third kappa shape index (κ3) is 3.19. The zero-order valence-corrected chi connectivity index (χ0v) is 13.0. The van der Waals surface area contributed by atoms with Crippen LogP contribution in [0.15, 0.2) is 34.2 Å². The summed E-state index contributed by atoms with van der Waals surface area (Å²) < 4.78 is 1.02. The number of thiophene rings is 1. The number of nitrogens with one attached hydrogen (secondary N) is 1. The lowest BCUT2D eigenvalue weighted by Crippen LogP contribution is -2.23. The lowest BCUT2D eigenvalue weighted by atomic mass is 10.1. The van der Waals surface area contributed by atoms with Crippen LogP contribution >= 0.6 is 27.3 Å². The van der Waals surface area contributed by atoms with Crippen molar-refractivity contribution in [1.29, 1.82) is 0 Å². The summed E-state index contributed by atoms with van der Waals surface area (Å²) in [6.07, 6.45) is 2.98. The van der Waals surface area contributed by atoms with E-state index in [1.54, 1.807) is 11.3 Å². The highest BCUT2D eigenvalue weighted by atomic mass is 79.9. The summed E-state index contributed by atoms with van der Waals surface area (Å²) in [5, 5.41) is 5.72. The van der Waals surface area contributed by atoms with Crippen LogP contribution in [0.4, 0.5) is 0 Å². The monoisotopic (exact) mass is 324 g/mol. The van der Waals surface area contributed by atoms with Crippen molar-refractivity contribution in [3.63, 3.8) is 0 Å². The zero-order valence-electron chi connectivity index (χ0n) is 10.6. The molecule has 2 heterocycles.